The lowest BCUT2D eigenvalue weighted by Gasteiger charge is -2.30. The lowest BCUT2D eigenvalue weighted by Crippen LogP contribution is -2.36. The Morgan fingerprint density at radius 2 is 1.93 bits per heavy atom. The van der Waals surface area contributed by atoms with Crippen LogP contribution in [0, 0.1) is 18.8 Å². The van der Waals surface area contributed by atoms with Crippen molar-refractivity contribution < 1.29 is 4.79 Å². The van der Waals surface area contributed by atoms with E-state index in [0.29, 0.717) is 30.1 Å². The number of fused-ring (bicyclic) bond motifs is 2. The maximum absolute atomic E-state index is 12.5. The van der Waals surface area contributed by atoms with Gasteiger partial charge in [0, 0.05) is 49.6 Å². The third-order valence-corrected chi connectivity index (χ3v) is 7.10. The van der Waals surface area contributed by atoms with Gasteiger partial charge in [-0.15, -0.1) is 0 Å². The minimum Gasteiger partial charge on any atom is -0.356 e. The highest BCUT2D eigenvalue weighted by molar-refractivity contribution is 5.96. The number of hydrogen-bond donors (Lipinski definition) is 1. The fraction of sp³-hybridized carbons (Fsp3) is 0.542. The molecule has 1 aromatic heterocycles. The molecule has 0 radical (unpaired) electrons. The fourth-order valence-corrected chi connectivity index (χ4v) is 5.63. The van der Waals surface area contributed by atoms with Crippen molar-refractivity contribution in [2.75, 3.05) is 38.1 Å². The molecule has 1 aromatic carbocycles. The zero-order valence-corrected chi connectivity index (χ0v) is 18.4. The van der Waals surface area contributed by atoms with Crippen molar-refractivity contribution in [2.24, 2.45) is 11.8 Å². The molecule has 0 bridgehead atoms. The van der Waals surface area contributed by atoms with Crippen LogP contribution in [-0.4, -0.2) is 54.0 Å². The van der Waals surface area contributed by atoms with Gasteiger partial charge in [-0.25, -0.2) is 9.97 Å². The molecule has 0 unspecified atom stereocenters. The lowest BCUT2D eigenvalue weighted by atomic mass is 9.88. The number of rotatable bonds is 3. The maximum Gasteiger partial charge on any atom is 0.270 e. The van der Waals surface area contributed by atoms with Gasteiger partial charge in [0.15, 0.2) is 0 Å². The third kappa shape index (κ3) is 3.09. The Hall–Kier alpha value is -2.47. The first kappa shape index (κ1) is 19.5. The Balaban J connectivity index is 1.51. The fourth-order valence-electron chi connectivity index (χ4n) is 5.63. The Morgan fingerprint density at radius 3 is 2.70 bits per heavy atom. The number of amides is 1. The molecule has 1 N–H and O–H groups in total. The van der Waals surface area contributed by atoms with Gasteiger partial charge in [0.2, 0.25) is 0 Å². The molecule has 6 nitrogen and oxygen atoms in total. The van der Waals surface area contributed by atoms with E-state index in [-0.39, 0.29) is 11.8 Å². The van der Waals surface area contributed by atoms with Gasteiger partial charge < -0.3 is 10.2 Å². The SMILES string of the molecule is Cc1ccccc1[C@@H]1[C@@H]2CN(c3nc(C(C)C)nc4c3CCNC4=O)C[C@@H]2CN1C. The molecule has 3 aliphatic heterocycles. The molecular weight excluding hydrogens is 374 g/mol. The van der Waals surface area contributed by atoms with Crippen LogP contribution in [0.2, 0.25) is 0 Å². The molecular formula is C24H31N5O. The first-order valence-corrected chi connectivity index (χ1v) is 11.1. The van der Waals surface area contributed by atoms with E-state index in [4.69, 9.17) is 4.98 Å². The summed E-state index contributed by atoms with van der Waals surface area (Å²) in [5.41, 5.74) is 4.43. The first-order chi connectivity index (χ1) is 14.4. The summed E-state index contributed by atoms with van der Waals surface area (Å²) >= 11 is 0. The van der Waals surface area contributed by atoms with Crippen LogP contribution in [0.4, 0.5) is 5.82 Å². The molecule has 3 aliphatic rings. The number of hydrogen-bond acceptors (Lipinski definition) is 5. The van der Waals surface area contributed by atoms with Crippen molar-refractivity contribution in [1.82, 2.24) is 20.2 Å². The van der Waals surface area contributed by atoms with Crippen molar-refractivity contribution in [3.05, 3.63) is 52.5 Å². The van der Waals surface area contributed by atoms with E-state index in [0.717, 1.165) is 43.3 Å². The summed E-state index contributed by atoms with van der Waals surface area (Å²) in [5.74, 6) is 3.09. The Labute approximate surface area is 178 Å². The number of aryl methyl sites for hydroxylation is 1. The molecule has 0 spiro atoms. The van der Waals surface area contributed by atoms with Gasteiger partial charge in [-0.05, 0) is 37.4 Å². The van der Waals surface area contributed by atoms with E-state index >= 15 is 0 Å². The van der Waals surface area contributed by atoms with E-state index in [1.54, 1.807) is 0 Å². The van der Waals surface area contributed by atoms with Gasteiger partial charge in [0.05, 0.1) is 0 Å². The van der Waals surface area contributed by atoms with Crippen LogP contribution in [-0.2, 0) is 6.42 Å². The highest BCUT2D eigenvalue weighted by Crippen LogP contribution is 2.46. The topological polar surface area (TPSA) is 61.4 Å². The second-order valence-electron chi connectivity index (χ2n) is 9.46. The zero-order chi connectivity index (χ0) is 21.0. The zero-order valence-electron chi connectivity index (χ0n) is 18.4. The summed E-state index contributed by atoms with van der Waals surface area (Å²) in [6, 6.07) is 9.22. The van der Waals surface area contributed by atoms with Gasteiger partial charge >= 0.3 is 0 Å². The van der Waals surface area contributed by atoms with Crippen molar-refractivity contribution in [2.45, 2.75) is 39.2 Å². The second-order valence-corrected chi connectivity index (χ2v) is 9.46. The summed E-state index contributed by atoms with van der Waals surface area (Å²) in [7, 11) is 2.26. The van der Waals surface area contributed by atoms with E-state index in [1.807, 2.05) is 0 Å². The molecule has 1 amide bonds. The minimum absolute atomic E-state index is 0.0567. The molecule has 2 fully saturated rings. The normalized spacial score (nSPS) is 26.1. The van der Waals surface area contributed by atoms with Crippen LogP contribution >= 0.6 is 0 Å². The first-order valence-electron chi connectivity index (χ1n) is 11.1. The Kier molecular flexibility index (Phi) is 4.77. The summed E-state index contributed by atoms with van der Waals surface area (Å²) < 4.78 is 0. The van der Waals surface area contributed by atoms with E-state index < -0.39 is 0 Å². The summed E-state index contributed by atoms with van der Waals surface area (Å²) in [6.45, 7) is 10.2. The quantitative estimate of drug-likeness (QED) is 0.851. The summed E-state index contributed by atoms with van der Waals surface area (Å²) in [6.07, 6.45) is 0.807. The van der Waals surface area contributed by atoms with E-state index in [2.05, 4.69) is 72.2 Å². The van der Waals surface area contributed by atoms with Crippen LogP contribution in [0.1, 0.15) is 58.8 Å². The number of benzene rings is 1. The summed E-state index contributed by atoms with van der Waals surface area (Å²) in [4.78, 5) is 27.1. The molecule has 0 aliphatic carbocycles. The van der Waals surface area contributed by atoms with Crippen LogP contribution in [0.3, 0.4) is 0 Å². The molecule has 158 valence electrons. The van der Waals surface area contributed by atoms with Crippen molar-refractivity contribution in [1.29, 1.82) is 0 Å². The number of nitrogens with one attached hydrogen (secondary N) is 1. The summed E-state index contributed by atoms with van der Waals surface area (Å²) in [5, 5.41) is 2.95. The molecule has 30 heavy (non-hydrogen) atoms. The maximum atomic E-state index is 12.5. The Morgan fingerprint density at radius 1 is 1.13 bits per heavy atom. The molecule has 2 saturated heterocycles. The molecule has 2 aromatic rings. The highest BCUT2D eigenvalue weighted by atomic mass is 16.1. The number of aromatic nitrogens is 2. The number of carbonyl (C=O) groups excluding carboxylic acids is 1. The van der Waals surface area contributed by atoms with Gasteiger partial charge in [-0.1, -0.05) is 38.1 Å². The number of nitrogens with zero attached hydrogens (tertiary/aromatic N) is 4. The smallest absolute Gasteiger partial charge is 0.270 e. The monoisotopic (exact) mass is 405 g/mol. The molecule has 6 heteroatoms. The molecule has 3 atom stereocenters. The highest BCUT2D eigenvalue weighted by Gasteiger charge is 2.47. The predicted octanol–water partition coefficient (Wildman–Crippen LogP) is 2.93. The van der Waals surface area contributed by atoms with Crippen LogP contribution < -0.4 is 10.2 Å². The lowest BCUT2D eigenvalue weighted by molar-refractivity contribution is 0.0940. The molecule has 5 rings (SSSR count). The average molecular weight is 406 g/mol. The number of likely N-dealkylation sites (tertiary alicyclic amines) is 1. The molecule has 0 saturated carbocycles. The van der Waals surface area contributed by atoms with Gasteiger partial charge in [0.25, 0.3) is 5.91 Å². The molecule has 4 heterocycles. The van der Waals surface area contributed by atoms with Gasteiger partial charge in [-0.3, -0.25) is 9.69 Å². The van der Waals surface area contributed by atoms with Crippen LogP contribution in [0.5, 0.6) is 0 Å². The van der Waals surface area contributed by atoms with Crippen molar-refractivity contribution in [3.8, 4) is 0 Å². The predicted molar refractivity (Wildman–Crippen MR) is 118 cm³/mol. The van der Waals surface area contributed by atoms with Gasteiger partial charge in [-0.2, -0.15) is 0 Å². The Bertz CT molecular complexity index is 988. The number of anilines is 1. The largest absolute Gasteiger partial charge is 0.356 e. The third-order valence-electron chi connectivity index (χ3n) is 7.10. The van der Waals surface area contributed by atoms with Crippen LogP contribution in [0.25, 0.3) is 0 Å². The van der Waals surface area contributed by atoms with E-state index in [9.17, 15) is 4.79 Å². The number of carbonyl (C=O) groups is 1. The van der Waals surface area contributed by atoms with Crippen LogP contribution in [0.15, 0.2) is 24.3 Å². The average Bonchev–Trinajstić information content (AvgIpc) is 3.25. The van der Waals surface area contributed by atoms with Crippen molar-refractivity contribution >= 4 is 11.7 Å². The minimum atomic E-state index is -0.0567. The second kappa shape index (κ2) is 7.34. The standard InChI is InChI=1S/C24H31N5O/c1-14(2)22-26-20-18(9-10-25-24(20)30)23(27-22)29-12-16-11-28(4)21(19(16)13-29)17-8-6-5-7-15(17)3/h5-8,14,16,19,21H,9-13H2,1-4H3,(H,25,30)/t16-,19+,21+/m0/s1. The van der Waals surface area contributed by atoms with Crippen molar-refractivity contribution in [3.63, 3.8) is 0 Å². The van der Waals surface area contributed by atoms with Gasteiger partial charge in [0.1, 0.15) is 17.3 Å². The van der Waals surface area contributed by atoms with E-state index in [1.165, 1.54) is 11.1 Å².